The normalized spacial score (nSPS) is 20.7. The Balaban J connectivity index is 0.703. The predicted octanol–water partition coefficient (Wildman–Crippen LogP) is 9.23. The summed E-state index contributed by atoms with van der Waals surface area (Å²) in [4.78, 5) is 62.2. The van der Waals surface area contributed by atoms with E-state index in [1.54, 1.807) is 35.6 Å². The molecule has 7 aromatic rings. The maximum absolute atomic E-state index is 17.2. The number of phenolic OH excluding ortho intramolecular Hbond substituents is 1. The van der Waals surface area contributed by atoms with Crippen LogP contribution in [0.3, 0.4) is 0 Å². The molecule has 0 radical (unpaired) electrons. The highest BCUT2D eigenvalue weighted by atomic mass is 32.1. The number of nitrogens with one attached hydrogen (secondary N) is 3. The number of anilines is 1. The Bertz CT molecular complexity index is 3510. The molecule has 0 spiro atoms. The van der Waals surface area contributed by atoms with Gasteiger partial charge in [0.25, 0.3) is 0 Å². The lowest BCUT2D eigenvalue weighted by Crippen LogP contribution is -2.58. The molecule has 424 valence electrons. The van der Waals surface area contributed by atoms with E-state index in [1.165, 1.54) is 17.0 Å². The Kier molecular flexibility index (Phi) is 15.4. The van der Waals surface area contributed by atoms with E-state index < -0.39 is 41.1 Å². The topological polar surface area (TPSA) is 185 Å². The van der Waals surface area contributed by atoms with Gasteiger partial charge in [-0.3, -0.25) is 14.4 Å². The molecule has 1 saturated carbocycles. The number of nitrogens with zero attached hydrogens (tertiary/aromatic N) is 6. The average molecular weight is 1120 g/mol. The molecule has 11 rings (SSSR count). The zero-order valence-electron chi connectivity index (χ0n) is 46.8. The van der Waals surface area contributed by atoms with Crippen molar-refractivity contribution in [2.75, 3.05) is 44.7 Å². The maximum Gasteiger partial charge on any atom is 0.319 e. The number of thiazole rings is 1. The van der Waals surface area contributed by atoms with Gasteiger partial charge in [0.15, 0.2) is 5.82 Å². The van der Waals surface area contributed by atoms with Crippen molar-refractivity contribution in [3.63, 3.8) is 0 Å². The van der Waals surface area contributed by atoms with Crippen molar-refractivity contribution >= 4 is 56.6 Å². The lowest BCUT2D eigenvalue weighted by Gasteiger charge is -2.40. The van der Waals surface area contributed by atoms with E-state index in [-0.39, 0.29) is 88.5 Å². The van der Waals surface area contributed by atoms with Crippen LogP contribution in [0.15, 0.2) is 96.5 Å². The first-order chi connectivity index (χ1) is 38.7. The molecule has 0 unspecified atom stereocenters. The van der Waals surface area contributed by atoms with Gasteiger partial charge in [-0.2, -0.15) is 9.97 Å². The quantitative estimate of drug-likeness (QED) is 0.0550. The third kappa shape index (κ3) is 12.1. The van der Waals surface area contributed by atoms with Gasteiger partial charge in [-0.15, -0.1) is 11.3 Å². The number of piperazine rings is 1. The number of aliphatic hydroxyl groups is 1. The van der Waals surface area contributed by atoms with E-state index in [9.17, 15) is 24.6 Å². The number of aliphatic hydroxyl groups excluding tert-OH is 1. The van der Waals surface area contributed by atoms with Crippen molar-refractivity contribution in [1.82, 2.24) is 40.7 Å². The molecule has 5 aromatic carbocycles. The number of carbonyl (C=O) groups excluding carboxylic acids is 3. The number of β-amino-alcohol motifs (C(OH)–C–C–N with tert-alkyl or cyclic N) is 1. The monoisotopic (exact) mass is 1120 g/mol. The second kappa shape index (κ2) is 22.3. The van der Waals surface area contributed by atoms with Crippen LogP contribution < -0.4 is 25.6 Å². The molecule has 2 bridgehead atoms. The van der Waals surface area contributed by atoms with Crippen LogP contribution in [0.25, 0.3) is 43.2 Å². The number of carbonyl (C=O) groups is 3. The number of fused-ring (bicyclic) bond motifs is 4. The Morgan fingerprint density at radius 3 is 2.41 bits per heavy atom. The van der Waals surface area contributed by atoms with Crippen molar-refractivity contribution in [1.29, 1.82) is 0 Å². The lowest BCUT2D eigenvalue weighted by molar-refractivity contribution is -0.144. The van der Waals surface area contributed by atoms with Gasteiger partial charge in [0.2, 0.25) is 17.7 Å². The summed E-state index contributed by atoms with van der Waals surface area (Å²) in [6.45, 7) is 12.9. The molecule has 18 heteroatoms. The van der Waals surface area contributed by atoms with E-state index in [1.807, 2.05) is 75.7 Å². The van der Waals surface area contributed by atoms with E-state index >= 15 is 8.78 Å². The molecule has 3 saturated heterocycles. The minimum absolute atomic E-state index is 0.00756. The molecule has 1 aliphatic carbocycles. The van der Waals surface area contributed by atoms with Gasteiger partial charge < -0.3 is 45.6 Å². The Morgan fingerprint density at radius 2 is 1.69 bits per heavy atom. The number of phenols is 1. The van der Waals surface area contributed by atoms with E-state index in [0.717, 1.165) is 65.1 Å². The number of hydrogen-bond donors (Lipinski definition) is 5. The van der Waals surface area contributed by atoms with Gasteiger partial charge in [-0.05, 0) is 115 Å². The minimum atomic E-state index is -0.930. The van der Waals surface area contributed by atoms with Crippen LogP contribution in [-0.2, 0) is 33.9 Å². The summed E-state index contributed by atoms with van der Waals surface area (Å²) in [5.74, 6) is -2.34. The molecule has 5 heterocycles. The molecule has 15 nitrogen and oxygen atoms in total. The summed E-state index contributed by atoms with van der Waals surface area (Å²) < 4.78 is 40.1. The van der Waals surface area contributed by atoms with Crippen LogP contribution in [0.1, 0.15) is 88.6 Å². The third-order valence-corrected chi connectivity index (χ3v) is 17.7. The highest BCUT2D eigenvalue weighted by Crippen LogP contribution is 2.47. The Labute approximate surface area is 475 Å². The van der Waals surface area contributed by atoms with E-state index in [4.69, 9.17) is 9.72 Å². The fourth-order valence-electron chi connectivity index (χ4n) is 12.3. The summed E-state index contributed by atoms with van der Waals surface area (Å²) in [5.41, 5.74) is 5.65. The van der Waals surface area contributed by atoms with Crippen LogP contribution in [0.2, 0.25) is 0 Å². The Hall–Kier alpha value is -7.12. The average Bonchev–Trinajstić information content (AvgIpc) is 3.60. The zero-order chi connectivity index (χ0) is 57.0. The first-order valence-electron chi connectivity index (χ1n) is 28.1. The van der Waals surface area contributed by atoms with Gasteiger partial charge in [-0.1, -0.05) is 93.6 Å². The van der Waals surface area contributed by atoms with Crippen molar-refractivity contribution < 1.29 is 38.1 Å². The number of aryl methyl sites for hydroxylation is 2. The second-order valence-corrected chi connectivity index (χ2v) is 25.4. The molecular weight excluding hydrogens is 1050 g/mol. The number of hydrogen-bond acceptors (Lipinski definition) is 13. The Morgan fingerprint density at radius 1 is 0.951 bits per heavy atom. The number of amides is 3. The van der Waals surface area contributed by atoms with Crippen molar-refractivity contribution in [3.05, 3.63) is 131 Å². The molecule has 81 heavy (non-hydrogen) atoms. The SMILES string of the molecule is Cc1ncsc1-c1ccc(CNC(=O)[C@@H]2C[C@@H](O)CN2C(=O)[C@@H](NC(=O)CCc2ccc(CN(C)CC3(COc4nc(N5C[C@H]6CC[C@@](C)(C5)N6)c5cc(F)c(-c6cc(O)cc7ccccc67)c(F)c5n4)CC3)cc2)C(C)(C)C)cc1. The number of aromatic nitrogens is 3. The number of ether oxygens (including phenoxy) is 1. The van der Waals surface area contributed by atoms with Crippen LogP contribution in [-0.4, -0.2) is 122 Å². The fourth-order valence-corrected chi connectivity index (χ4v) is 13.1. The number of benzene rings is 5. The summed E-state index contributed by atoms with van der Waals surface area (Å²) in [6.07, 6.45) is 3.64. The van der Waals surface area contributed by atoms with Gasteiger partial charge in [-0.25, -0.2) is 13.8 Å². The van der Waals surface area contributed by atoms with Gasteiger partial charge in [0, 0.05) is 74.5 Å². The summed E-state index contributed by atoms with van der Waals surface area (Å²) in [6, 6.07) is 25.9. The van der Waals surface area contributed by atoms with E-state index in [2.05, 4.69) is 61.8 Å². The summed E-state index contributed by atoms with van der Waals surface area (Å²) >= 11 is 1.57. The highest BCUT2D eigenvalue weighted by Gasteiger charge is 2.47. The smallest absolute Gasteiger partial charge is 0.319 e. The molecule has 2 aromatic heterocycles. The van der Waals surface area contributed by atoms with Crippen LogP contribution >= 0.6 is 11.3 Å². The van der Waals surface area contributed by atoms with E-state index in [0.29, 0.717) is 49.3 Å². The van der Waals surface area contributed by atoms with Crippen LogP contribution in [0.4, 0.5) is 14.6 Å². The van der Waals surface area contributed by atoms with Gasteiger partial charge in [0.1, 0.15) is 35.0 Å². The number of halogens is 2. The number of aromatic hydroxyl groups is 1. The molecule has 4 aliphatic rings. The first kappa shape index (κ1) is 55.8. The second-order valence-electron chi connectivity index (χ2n) is 24.5. The van der Waals surface area contributed by atoms with Crippen molar-refractivity contribution in [2.45, 2.75) is 122 Å². The fraction of sp³-hybridized carbons (Fsp3) is 0.429. The predicted molar refractivity (Wildman–Crippen MR) is 311 cm³/mol. The lowest BCUT2D eigenvalue weighted by atomic mass is 9.85. The highest BCUT2D eigenvalue weighted by molar-refractivity contribution is 7.13. The first-order valence-corrected chi connectivity index (χ1v) is 29.0. The minimum Gasteiger partial charge on any atom is -0.508 e. The van der Waals surface area contributed by atoms with Crippen molar-refractivity contribution in [3.8, 4) is 33.3 Å². The molecule has 3 aliphatic heterocycles. The zero-order valence-corrected chi connectivity index (χ0v) is 47.6. The molecular formula is C63H71F2N9O6S. The van der Waals surface area contributed by atoms with Crippen molar-refractivity contribution in [2.24, 2.45) is 10.8 Å². The number of likely N-dealkylation sites (tertiary alicyclic amines) is 1. The third-order valence-electron chi connectivity index (χ3n) is 16.7. The molecule has 5 atom stereocenters. The van der Waals surface area contributed by atoms with Gasteiger partial charge in [0.05, 0.1) is 34.4 Å². The van der Waals surface area contributed by atoms with Gasteiger partial charge >= 0.3 is 6.01 Å². The largest absolute Gasteiger partial charge is 0.508 e. The maximum atomic E-state index is 17.2. The standard InChI is InChI=1S/C63H71F2N9O6S/c1-37-55(81-36-67-37)41-18-15-39(16-19-41)29-66-58(78)50-27-45(76)32-74(50)59(79)56(61(2,3)4)68-51(77)20-17-38-11-13-40(14-12-38)30-72(6)34-63(23-24-63)35-80-60-69-54-48(57(70-60)73-31-43-21-22-62(5,33-73)71-43)28-49(64)52(53(54)65)47-26-44(75)25-42-9-7-8-10-46(42)47/h7-16,18-19,25-26,28,36,43,45,50,56,71,75-76H,17,20-24,27,29-35H2,1-6H3,(H,66,78)(H,68,77)/t43-,45-,50+,56-,62+/m1/s1. The molecule has 4 fully saturated rings. The number of rotatable bonds is 18. The van der Waals surface area contributed by atoms with Crippen LogP contribution in [0.5, 0.6) is 11.8 Å². The summed E-state index contributed by atoms with van der Waals surface area (Å²) in [7, 11) is 2.06. The molecule has 5 N–H and O–H groups in total. The summed E-state index contributed by atoms with van der Waals surface area (Å²) in [5, 5.41) is 32.5. The molecule has 3 amide bonds. The van der Waals surface area contributed by atoms with Crippen LogP contribution in [0, 0.1) is 29.4 Å².